The summed E-state index contributed by atoms with van der Waals surface area (Å²) in [7, 11) is 0. The van der Waals surface area contributed by atoms with E-state index in [-0.39, 0.29) is 11.5 Å². The molecule has 0 saturated heterocycles. The lowest BCUT2D eigenvalue weighted by molar-refractivity contribution is -0.121. The smallest absolute Gasteiger partial charge is 0.262 e. The van der Waals surface area contributed by atoms with Crippen LogP contribution in [0.15, 0.2) is 51.7 Å². The van der Waals surface area contributed by atoms with Gasteiger partial charge in [-0.05, 0) is 61.0 Å². The van der Waals surface area contributed by atoms with Crippen molar-refractivity contribution in [1.29, 1.82) is 0 Å². The summed E-state index contributed by atoms with van der Waals surface area (Å²) >= 11 is 14.7. The summed E-state index contributed by atoms with van der Waals surface area (Å²) in [6.07, 6.45) is 2.82. The highest BCUT2D eigenvalue weighted by molar-refractivity contribution is 9.10. The summed E-state index contributed by atoms with van der Waals surface area (Å²) in [5.74, 6) is 0.00925. The summed E-state index contributed by atoms with van der Waals surface area (Å²) in [6.45, 7) is 0.997. The van der Waals surface area contributed by atoms with Gasteiger partial charge in [-0.3, -0.25) is 14.2 Å². The fraction of sp³-hybridized carbons (Fsp3) is 0.286. The molecule has 0 bridgehead atoms. The SMILES string of the molecule is O=C(CCCCCn1c(=S)[nH]c2ccc(Br)cc2c1=O)NCc1cccc(Cl)c1. The maximum atomic E-state index is 12.7. The van der Waals surface area contributed by atoms with Gasteiger partial charge in [0.1, 0.15) is 0 Å². The number of fused-ring (bicyclic) bond motifs is 1. The van der Waals surface area contributed by atoms with Gasteiger partial charge in [-0.15, -0.1) is 0 Å². The summed E-state index contributed by atoms with van der Waals surface area (Å²) < 4.78 is 2.86. The number of carbonyl (C=O) groups is 1. The second-order valence-corrected chi connectivity index (χ2v) is 8.53. The first-order chi connectivity index (χ1) is 13.9. The van der Waals surface area contributed by atoms with Gasteiger partial charge < -0.3 is 10.3 Å². The van der Waals surface area contributed by atoms with Crippen LogP contribution in [0, 0.1) is 4.77 Å². The highest BCUT2D eigenvalue weighted by atomic mass is 79.9. The maximum Gasteiger partial charge on any atom is 0.262 e. The molecule has 2 N–H and O–H groups in total. The number of nitrogens with zero attached hydrogens (tertiary/aromatic N) is 1. The summed E-state index contributed by atoms with van der Waals surface area (Å²) in [4.78, 5) is 27.8. The quantitative estimate of drug-likeness (QED) is 0.328. The van der Waals surface area contributed by atoms with Crippen LogP contribution in [-0.2, 0) is 17.9 Å². The van der Waals surface area contributed by atoms with Gasteiger partial charge in [-0.1, -0.05) is 46.1 Å². The first-order valence-corrected chi connectivity index (χ1v) is 11.0. The molecule has 0 aliphatic heterocycles. The van der Waals surface area contributed by atoms with E-state index in [0.717, 1.165) is 34.8 Å². The molecule has 0 fully saturated rings. The van der Waals surface area contributed by atoms with E-state index in [2.05, 4.69) is 26.2 Å². The van der Waals surface area contributed by atoms with Gasteiger partial charge in [0.25, 0.3) is 5.56 Å². The zero-order chi connectivity index (χ0) is 20.8. The molecule has 1 heterocycles. The third-order valence-corrected chi connectivity index (χ3v) is 5.66. The van der Waals surface area contributed by atoms with Crippen LogP contribution in [0.1, 0.15) is 31.2 Å². The monoisotopic (exact) mass is 493 g/mol. The van der Waals surface area contributed by atoms with Crippen LogP contribution in [0.4, 0.5) is 0 Å². The lowest BCUT2D eigenvalue weighted by Crippen LogP contribution is -2.23. The molecule has 0 radical (unpaired) electrons. The number of halogens is 2. The molecule has 152 valence electrons. The third kappa shape index (κ3) is 6.01. The Bertz CT molecular complexity index is 1140. The van der Waals surface area contributed by atoms with Crippen molar-refractivity contribution in [3.63, 3.8) is 0 Å². The van der Waals surface area contributed by atoms with Crippen molar-refractivity contribution in [2.75, 3.05) is 0 Å². The minimum atomic E-state index is -0.0932. The summed E-state index contributed by atoms with van der Waals surface area (Å²) in [6, 6.07) is 12.9. The van der Waals surface area contributed by atoms with E-state index in [1.54, 1.807) is 16.7 Å². The third-order valence-electron chi connectivity index (χ3n) is 4.61. The molecular formula is C21H21BrClN3O2S. The topological polar surface area (TPSA) is 66.9 Å². The zero-order valence-electron chi connectivity index (χ0n) is 15.7. The lowest BCUT2D eigenvalue weighted by Gasteiger charge is -2.09. The Morgan fingerprint density at radius 1 is 1.17 bits per heavy atom. The van der Waals surface area contributed by atoms with Gasteiger partial charge in [-0.25, -0.2) is 0 Å². The summed E-state index contributed by atoms with van der Waals surface area (Å²) in [5, 5.41) is 4.16. The summed E-state index contributed by atoms with van der Waals surface area (Å²) in [5.41, 5.74) is 1.61. The number of H-pyrrole nitrogens is 1. The van der Waals surface area contributed by atoms with Gasteiger partial charge in [0, 0.05) is 29.0 Å². The molecule has 1 aromatic heterocycles. The van der Waals surface area contributed by atoms with Crippen molar-refractivity contribution in [3.8, 4) is 0 Å². The largest absolute Gasteiger partial charge is 0.352 e. The number of aromatic nitrogens is 2. The molecule has 29 heavy (non-hydrogen) atoms. The Balaban J connectivity index is 1.46. The number of hydrogen-bond acceptors (Lipinski definition) is 3. The number of unbranched alkanes of at least 4 members (excludes halogenated alkanes) is 2. The Morgan fingerprint density at radius 3 is 2.79 bits per heavy atom. The van der Waals surface area contributed by atoms with Crippen molar-refractivity contribution in [3.05, 3.63) is 72.6 Å². The molecule has 0 aliphatic carbocycles. The van der Waals surface area contributed by atoms with Crippen molar-refractivity contribution in [2.45, 2.75) is 38.8 Å². The number of rotatable bonds is 8. The molecule has 3 aromatic rings. The molecule has 2 aromatic carbocycles. The molecule has 3 rings (SSSR count). The number of carbonyl (C=O) groups excluding carboxylic acids is 1. The highest BCUT2D eigenvalue weighted by Gasteiger charge is 2.07. The number of hydrogen-bond donors (Lipinski definition) is 2. The molecule has 0 spiro atoms. The van der Waals surface area contributed by atoms with Crippen molar-refractivity contribution >= 4 is 56.6 Å². The van der Waals surface area contributed by atoms with E-state index in [1.807, 2.05) is 30.3 Å². The number of nitrogens with one attached hydrogen (secondary N) is 2. The van der Waals surface area contributed by atoms with Crippen LogP contribution in [0.5, 0.6) is 0 Å². The van der Waals surface area contributed by atoms with E-state index in [4.69, 9.17) is 23.8 Å². The van der Waals surface area contributed by atoms with E-state index in [0.29, 0.717) is 34.7 Å². The number of amides is 1. The van der Waals surface area contributed by atoms with Crippen LogP contribution in [0.2, 0.25) is 5.02 Å². The van der Waals surface area contributed by atoms with Gasteiger partial charge in [0.05, 0.1) is 10.9 Å². The fourth-order valence-corrected chi connectivity index (χ4v) is 3.95. The van der Waals surface area contributed by atoms with Gasteiger partial charge in [0.2, 0.25) is 5.91 Å². The van der Waals surface area contributed by atoms with Crippen LogP contribution in [0.3, 0.4) is 0 Å². The zero-order valence-corrected chi connectivity index (χ0v) is 18.9. The Hall–Kier alpha value is -1.96. The second-order valence-electron chi connectivity index (χ2n) is 6.79. The molecule has 0 aliphatic rings. The normalized spacial score (nSPS) is 11.0. The molecule has 8 heteroatoms. The van der Waals surface area contributed by atoms with Crippen LogP contribution in [-0.4, -0.2) is 15.5 Å². The highest BCUT2D eigenvalue weighted by Crippen LogP contribution is 2.15. The predicted octanol–water partition coefficient (Wildman–Crippen LogP) is 5.35. The molecule has 0 atom stereocenters. The van der Waals surface area contributed by atoms with Crippen LogP contribution < -0.4 is 10.9 Å². The Kier molecular flexibility index (Phi) is 7.64. The van der Waals surface area contributed by atoms with E-state index >= 15 is 0 Å². The van der Waals surface area contributed by atoms with Crippen molar-refractivity contribution < 1.29 is 4.79 Å². The second kappa shape index (κ2) is 10.2. The minimum Gasteiger partial charge on any atom is -0.352 e. The minimum absolute atomic E-state index is 0.00925. The fourth-order valence-electron chi connectivity index (χ4n) is 3.09. The van der Waals surface area contributed by atoms with Crippen molar-refractivity contribution in [2.24, 2.45) is 0 Å². The first kappa shape index (κ1) is 21.7. The van der Waals surface area contributed by atoms with Gasteiger partial charge >= 0.3 is 0 Å². The van der Waals surface area contributed by atoms with E-state index in [9.17, 15) is 9.59 Å². The van der Waals surface area contributed by atoms with Crippen LogP contribution in [0.25, 0.3) is 10.9 Å². The Labute approximate surface area is 187 Å². The molecular weight excluding hydrogens is 474 g/mol. The van der Waals surface area contributed by atoms with Crippen molar-refractivity contribution in [1.82, 2.24) is 14.9 Å². The first-order valence-electron chi connectivity index (χ1n) is 9.37. The molecule has 0 saturated carbocycles. The maximum absolute atomic E-state index is 12.7. The standard InChI is InChI=1S/C21H21BrClN3O2S/c22-15-8-9-18-17(12-15)20(28)26(21(29)25-18)10-3-1-2-7-19(27)24-13-14-5-4-6-16(23)11-14/h4-6,8-9,11-12H,1-3,7,10,13H2,(H,24,27)(H,25,29). The molecule has 1 amide bonds. The van der Waals surface area contributed by atoms with Crippen LogP contribution >= 0.6 is 39.7 Å². The van der Waals surface area contributed by atoms with E-state index in [1.165, 1.54) is 0 Å². The number of aromatic amines is 1. The number of benzene rings is 2. The van der Waals surface area contributed by atoms with Gasteiger partial charge in [-0.2, -0.15) is 0 Å². The van der Waals surface area contributed by atoms with Gasteiger partial charge in [0.15, 0.2) is 4.77 Å². The average Bonchev–Trinajstić information content (AvgIpc) is 2.69. The average molecular weight is 495 g/mol. The molecule has 0 unspecified atom stereocenters. The Morgan fingerprint density at radius 2 is 2.00 bits per heavy atom. The lowest BCUT2D eigenvalue weighted by atomic mass is 10.1. The predicted molar refractivity (Wildman–Crippen MR) is 123 cm³/mol. The molecule has 5 nitrogen and oxygen atoms in total. The van der Waals surface area contributed by atoms with E-state index < -0.39 is 0 Å².